The molecule has 3 heterocycles. The average Bonchev–Trinajstić information content (AvgIpc) is 3.01. The number of aromatic nitrogens is 2. The molecule has 7 rings (SSSR count). The smallest absolute Gasteiger partial charge is 0.141 e. The van der Waals surface area contributed by atoms with E-state index >= 15 is 0 Å². The molecule has 0 atom stereocenters. The van der Waals surface area contributed by atoms with Gasteiger partial charge >= 0.3 is 0 Å². The molecule has 6 aromatic rings. The maximum atomic E-state index is 11.0. The van der Waals surface area contributed by atoms with Crippen molar-refractivity contribution >= 4 is 28.1 Å². The number of fused-ring (bicyclic) bond motifs is 3. The summed E-state index contributed by atoms with van der Waals surface area (Å²) in [6, 6.07) is 31.9. The number of phenols is 1. The van der Waals surface area contributed by atoms with Gasteiger partial charge in [-0.2, -0.15) is 0 Å². The van der Waals surface area contributed by atoms with Crippen molar-refractivity contribution < 1.29 is 5.11 Å². The molecular weight excluding hydrogens is 550 g/mol. The van der Waals surface area contributed by atoms with Crippen LogP contribution in [0.1, 0.15) is 67.0 Å². The summed E-state index contributed by atoms with van der Waals surface area (Å²) in [4.78, 5) is 12.3. The fraction of sp³-hybridized carbons (Fsp3) is 0.220. The monoisotopic (exact) mass is 589 g/mol. The second kappa shape index (κ2) is 10.6. The molecule has 0 amide bonds. The first-order chi connectivity index (χ1) is 21.6. The lowest BCUT2D eigenvalue weighted by Crippen LogP contribution is -2.32. The van der Waals surface area contributed by atoms with Gasteiger partial charge in [-0.3, -0.25) is 4.90 Å². The van der Waals surface area contributed by atoms with Gasteiger partial charge in [0.25, 0.3) is 0 Å². The molecule has 0 saturated carbocycles. The molecule has 0 spiro atoms. The number of phenolic OH excluding ortho intramolecular Hbond substituents is 1. The van der Waals surface area contributed by atoms with Gasteiger partial charge in [0, 0.05) is 22.6 Å². The maximum absolute atomic E-state index is 11.0. The van der Waals surface area contributed by atoms with E-state index in [4.69, 9.17) is 9.97 Å². The number of hydrogen-bond acceptors (Lipinski definition) is 4. The minimum Gasteiger partial charge on any atom is -0.506 e. The van der Waals surface area contributed by atoms with Gasteiger partial charge in [0.15, 0.2) is 0 Å². The fourth-order valence-electron chi connectivity index (χ4n) is 7.49. The summed E-state index contributed by atoms with van der Waals surface area (Å²) < 4.78 is 0. The van der Waals surface area contributed by atoms with E-state index in [0.29, 0.717) is 11.4 Å². The Kier molecular flexibility index (Phi) is 6.77. The van der Waals surface area contributed by atoms with E-state index in [9.17, 15) is 5.11 Å². The Bertz CT molecular complexity index is 2090. The van der Waals surface area contributed by atoms with Crippen molar-refractivity contribution in [1.29, 1.82) is 0 Å². The Labute approximate surface area is 266 Å². The first-order valence-electron chi connectivity index (χ1n) is 15.8. The van der Waals surface area contributed by atoms with Gasteiger partial charge in [0.05, 0.1) is 17.1 Å². The quantitative estimate of drug-likeness (QED) is 0.222. The highest BCUT2D eigenvalue weighted by molar-refractivity contribution is 5.95. The Hall–Kier alpha value is -4.96. The number of aromatic hydroxyl groups is 1. The van der Waals surface area contributed by atoms with Crippen molar-refractivity contribution in [2.45, 2.75) is 59.8 Å². The Morgan fingerprint density at radius 2 is 1.51 bits per heavy atom. The van der Waals surface area contributed by atoms with E-state index in [-0.39, 0.29) is 11.2 Å². The van der Waals surface area contributed by atoms with Crippen LogP contribution in [-0.4, -0.2) is 15.1 Å². The molecule has 0 aliphatic carbocycles. The lowest BCUT2D eigenvalue weighted by atomic mass is 9.69. The Morgan fingerprint density at radius 1 is 0.778 bits per heavy atom. The summed E-state index contributed by atoms with van der Waals surface area (Å²) in [7, 11) is 0. The zero-order valence-electron chi connectivity index (χ0n) is 27.1. The predicted octanol–water partition coefficient (Wildman–Crippen LogP) is 10.8. The summed E-state index contributed by atoms with van der Waals surface area (Å²) in [5.41, 5.74) is 14.3. The third-order valence-corrected chi connectivity index (χ3v) is 9.41. The van der Waals surface area contributed by atoms with Crippen LogP contribution in [0, 0.1) is 20.8 Å². The Balaban J connectivity index is 1.60. The van der Waals surface area contributed by atoms with E-state index in [1.165, 1.54) is 44.5 Å². The molecule has 0 fully saturated rings. The minimum atomic E-state index is -0.296. The molecule has 2 aromatic heterocycles. The topological polar surface area (TPSA) is 49.3 Å². The van der Waals surface area contributed by atoms with Gasteiger partial charge in [-0.05, 0) is 108 Å². The van der Waals surface area contributed by atoms with Crippen molar-refractivity contribution in [3.8, 4) is 28.1 Å². The van der Waals surface area contributed by atoms with Crippen molar-refractivity contribution in [3.05, 3.63) is 131 Å². The van der Waals surface area contributed by atoms with Gasteiger partial charge in [-0.15, -0.1) is 0 Å². The molecule has 4 nitrogen and oxygen atoms in total. The van der Waals surface area contributed by atoms with E-state index < -0.39 is 0 Å². The highest BCUT2D eigenvalue weighted by Crippen LogP contribution is 2.56. The van der Waals surface area contributed by atoms with Crippen LogP contribution >= 0.6 is 0 Å². The molecule has 1 N–H and O–H groups in total. The van der Waals surface area contributed by atoms with Gasteiger partial charge in [-0.1, -0.05) is 81.8 Å². The highest BCUT2D eigenvalue weighted by Gasteiger charge is 2.40. The number of anilines is 3. The molecule has 0 saturated heterocycles. The number of aryl methyl sites for hydroxylation is 3. The summed E-state index contributed by atoms with van der Waals surface area (Å²) >= 11 is 0. The van der Waals surface area contributed by atoms with E-state index in [0.717, 1.165) is 33.8 Å². The molecule has 1 aliphatic rings. The van der Waals surface area contributed by atoms with Crippen LogP contribution in [0.15, 0.2) is 97.2 Å². The fourth-order valence-corrected chi connectivity index (χ4v) is 7.49. The van der Waals surface area contributed by atoms with Crippen molar-refractivity contribution in [2.75, 3.05) is 4.90 Å². The second-order valence-corrected chi connectivity index (χ2v) is 13.3. The van der Waals surface area contributed by atoms with Crippen LogP contribution in [0.25, 0.3) is 33.3 Å². The molecular formula is C41H39N3O. The standard InChI is InChI=1S/C41H39N3O/c1-24(2)29-16-18-36(45)40-30(29)15-17-33(43-40)28-22-31(38-26(4)20-25(3)21-27(38)5)39-35(23-28)44(37-14-10-11-19-42-37)34-13-9-8-12-32(34)41(39,6)7/h8-24,45H,1-7H3. The SMILES string of the molecule is Cc1cc(C)c(-c2cc(-c3ccc4c(C(C)C)ccc(O)c4n3)cc3c2C(C)(C)c2ccccc2N3c2ccccn2)c(C)c1. The van der Waals surface area contributed by atoms with Gasteiger partial charge in [-0.25, -0.2) is 9.97 Å². The van der Waals surface area contributed by atoms with E-state index in [1.807, 2.05) is 24.4 Å². The molecule has 1 aliphatic heterocycles. The number of rotatable bonds is 4. The highest BCUT2D eigenvalue weighted by atomic mass is 16.3. The number of nitrogens with zero attached hydrogens (tertiary/aromatic N) is 3. The molecule has 224 valence electrons. The first-order valence-corrected chi connectivity index (χ1v) is 15.8. The van der Waals surface area contributed by atoms with E-state index in [2.05, 4.69) is 120 Å². The third-order valence-electron chi connectivity index (χ3n) is 9.41. The number of pyridine rings is 2. The van der Waals surface area contributed by atoms with Crippen molar-refractivity contribution in [3.63, 3.8) is 0 Å². The molecule has 0 radical (unpaired) electrons. The predicted molar refractivity (Wildman–Crippen MR) is 187 cm³/mol. The molecule has 4 heteroatoms. The van der Waals surface area contributed by atoms with Gasteiger partial charge in [0.2, 0.25) is 0 Å². The number of hydrogen-bond donors (Lipinski definition) is 1. The molecule has 0 bridgehead atoms. The van der Waals surface area contributed by atoms with Crippen LogP contribution in [0.3, 0.4) is 0 Å². The largest absolute Gasteiger partial charge is 0.506 e. The van der Waals surface area contributed by atoms with Crippen molar-refractivity contribution in [1.82, 2.24) is 9.97 Å². The van der Waals surface area contributed by atoms with E-state index in [1.54, 1.807) is 6.07 Å². The summed E-state index contributed by atoms with van der Waals surface area (Å²) in [6.45, 7) is 15.6. The number of benzene rings is 4. The first kappa shape index (κ1) is 28.8. The summed E-state index contributed by atoms with van der Waals surface area (Å²) in [6.07, 6.45) is 1.86. The van der Waals surface area contributed by atoms with Gasteiger partial charge < -0.3 is 5.11 Å². The number of para-hydroxylation sites is 1. The second-order valence-electron chi connectivity index (χ2n) is 13.3. The molecule has 4 aromatic carbocycles. The third kappa shape index (κ3) is 4.59. The Morgan fingerprint density at radius 3 is 2.22 bits per heavy atom. The summed E-state index contributed by atoms with van der Waals surface area (Å²) in [5, 5.41) is 12.0. The molecule has 0 unspecified atom stereocenters. The zero-order chi connectivity index (χ0) is 31.6. The lowest BCUT2D eigenvalue weighted by Gasteiger charge is -2.43. The average molecular weight is 590 g/mol. The van der Waals surface area contributed by atoms with Gasteiger partial charge in [0.1, 0.15) is 17.1 Å². The molecule has 45 heavy (non-hydrogen) atoms. The zero-order valence-corrected chi connectivity index (χ0v) is 27.1. The van der Waals surface area contributed by atoms with Crippen molar-refractivity contribution in [2.24, 2.45) is 0 Å². The summed E-state index contributed by atoms with van der Waals surface area (Å²) in [5.74, 6) is 1.38. The van der Waals surface area contributed by atoms with Crippen LogP contribution < -0.4 is 4.90 Å². The van der Waals surface area contributed by atoms with Crippen LogP contribution in [-0.2, 0) is 5.41 Å². The normalized spacial score (nSPS) is 13.6. The lowest BCUT2D eigenvalue weighted by molar-refractivity contribution is 0.480. The maximum Gasteiger partial charge on any atom is 0.141 e. The minimum absolute atomic E-state index is 0.199. The van der Waals surface area contributed by atoms with Crippen LogP contribution in [0.2, 0.25) is 0 Å². The van der Waals surface area contributed by atoms with Crippen LogP contribution in [0.5, 0.6) is 5.75 Å². The van der Waals surface area contributed by atoms with Crippen LogP contribution in [0.4, 0.5) is 17.2 Å².